The van der Waals surface area contributed by atoms with Crippen LogP contribution < -0.4 is 0 Å². The Morgan fingerprint density at radius 2 is 1.58 bits per heavy atom. The molecule has 0 aromatic carbocycles. The molecular formula is C24H40N2. The van der Waals surface area contributed by atoms with Gasteiger partial charge in [0, 0.05) is 22.2 Å². The third kappa shape index (κ3) is 6.70. The minimum absolute atomic E-state index is 0.0336. The van der Waals surface area contributed by atoms with E-state index in [2.05, 4.69) is 81.4 Å². The molecule has 1 rings (SSSR count). The summed E-state index contributed by atoms with van der Waals surface area (Å²) >= 11 is 0. The Kier molecular flexibility index (Phi) is 7.80. The average Bonchev–Trinajstić information content (AvgIpc) is 2.48. The average molecular weight is 357 g/mol. The van der Waals surface area contributed by atoms with E-state index in [1.807, 2.05) is 0 Å². The molecule has 0 unspecified atom stereocenters. The Morgan fingerprint density at radius 1 is 0.962 bits per heavy atom. The fraction of sp³-hybridized carbons (Fsp3) is 0.667. The second kappa shape index (κ2) is 8.97. The van der Waals surface area contributed by atoms with Gasteiger partial charge in [-0.05, 0) is 59.0 Å². The lowest BCUT2D eigenvalue weighted by Gasteiger charge is -2.28. The minimum Gasteiger partial charge on any atom is -0.237 e. The monoisotopic (exact) mass is 356 g/mol. The van der Waals surface area contributed by atoms with Crippen LogP contribution in [0.4, 0.5) is 0 Å². The summed E-state index contributed by atoms with van der Waals surface area (Å²) in [5.41, 5.74) is 6.56. The van der Waals surface area contributed by atoms with Gasteiger partial charge in [0.1, 0.15) is 0 Å². The van der Waals surface area contributed by atoms with E-state index in [1.165, 1.54) is 28.1 Å². The van der Waals surface area contributed by atoms with E-state index in [4.69, 9.17) is 9.98 Å². The molecule has 0 radical (unpaired) electrons. The Labute approximate surface area is 162 Å². The van der Waals surface area contributed by atoms with E-state index in [-0.39, 0.29) is 10.8 Å². The van der Waals surface area contributed by atoms with Crippen LogP contribution in [0.15, 0.2) is 44.6 Å². The summed E-state index contributed by atoms with van der Waals surface area (Å²) < 4.78 is 0. The molecule has 146 valence electrons. The number of hydrogen-bond acceptors (Lipinski definition) is 2. The fourth-order valence-corrected chi connectivity index (χ4v) is 3.11. The zero-order chi connectivity index (χ0) is 20.1. The third-order valence-corrected chi connectivity index (χ3v) is 5.01. The number of aliphatic imine (C=N–C) groups is 2. The summed E-state index contributed by atoms with van der Waals surface area (Å²) in [5, 5.41) is 0. The number of amidine groups is 1. The van der Waals surface area contributed by atoms with Gasteiger partial charge in [0.25, 0.3) is 0 Å². The van der Waals surface area contributed by atoms with E-state index in [0.29, 0.717) is 0 Å². The maximum absolute atomic E-state index is 5.10. The van der Waals surface area contributed by atoms with Gasteiger partial charge in [0.05, 0.1) is 0 Å². The first kappa shape index (κ1) is 22.6. The molecule has 0 bridgehead atoms. The lowest BCUT2D eigenvalue weighted by molar-refractivity contribution is 0.488. The van der Waals surface area contributed by atoms with Crippen molar-refractivity contribution in [1.82, 2.24) is 0 Å². The summed E-state index contributed by atoms with van der Waals surface area (Å²) in [6, 6.07) is 0. The predicted octanol–water partition coefficient (Wildman–Crippen LogP) is 7.68. The van der Waals surface area contributed by atoms with Gasteiger partial charge in [-0.15, -0.1) is 0 Å². The molecule has 1 aliphatic heterocycles. The first-order valence-electron chi connectivity index (χ1n) is 10.0. The zero-order valence-corrected chi connectivity index (χ0v) is 18.9. The van der Waals surface area contributed by atoms with Gasteiger partial charge in [-0.3, -0.25) is 0 Å². The van der Waals surface area contributed by atoms with Gasteiger partial charge in [-0.2, -0.15) is 0 Å². The van der Waals surface area contributed by atoms with Gasteiger partial charge in [0.2, 0.25) is 0 Å². The number of rotatable bonds is 4. The van der Waals surface area contributed by atoms with Crippen molar-refractivity contribution in [3.8, 4) is 0 Å². The Balaban J connectivity index is 3.38. The van der Waals surface area contributed by atoms with Crippen molar-refractivity contribution in [2.45, 2.75) is 94.9 Å². The SMILES string of the molecule is C/C=C(/C)CC/C=C(C)/C1=N/C(C(C)(C)C)=C(\C)CCC(C(C)(C)C)=N1. The smallest absolute Gasteiger partial charge is 0.154 e. The quantitative estimate of drug-likeness (QED) is 0.461. The number of allylic oxidation sites excluding steroid dienone is 5. The molecule has 0 saturated heterocycles. The molecular weight excluding hydrogens is 316 g/mol. The zero-order valence-electron chi connectivity index (χ0n) is 18.9. The van der Waals surface area contributed by atoms with E-state index >= 15 is 0 Å². The first-order valence-corrected chi connectivity index (χ1v) is 10.0. The van der Waals surface area contributed by atoms with Crippen molar-refractivity contribution in [2.75, 3.05) is 0 Å². The maximum atomic E-state index is 5.10. The van der Waals surface area contributed by atoms with E-state index in [9.17, 15) is 0 Å². The highest BCUT2D eigenvalue weighted by Crippen LogP contribution is 2.34. The Bertz CT molecular complexity index is 653. The molecule has 0 atom stereocenters. The van der Waals surface area contributed by atoms with Crippen molar-refractivity contribution in [1.29, 1.82) is 0 Å². The molecule has 1 heterocycles. The van der Waals surface area contributed by atoms with Crippen molar-refractivity contribution in [3.05, 3.63) is 34.6 Å². The molecule has 0 fully saturated rings. The molecule has 2 nitrogen and oxygen atoms in total. The van der Waals surface area contributed by atoms with E-state index in [1.54, 1.807) is 0 Å². The summed E-state index contributed by atoms with van der Waals surface area (Å²) in [6.45, 7) is 22.2. The maximum Gasteiger partial charge on any atom is 0.154 e. The lowest BCUT2D eigenvalue weighted by atomic mass is 9.83. The van der Waals surface area contributed by atoms with Gasteiger partial charge < -0.3 is 0 Å². The van der Waals surface area contributed by atoms with Crippen LogP contribution >= 0.6 is 0 Å². The standard InChI is InChI=1S/C24H40N2/c1-11-17(2)13-12-14-19(4)22-25-20(23(5,6)7)16-15-18(3)21(26-22)24(8,9)10/h11,14H,12-13,15-16H2,1-10H3/b17-11-,19-14+,21-18+,25-20?,26-22-. The topological polar surface area (TPSA) is 24.7 Å². The van der Waals surface area contributed by atoms with Gasteiger partial charge >= 0.3 is 0 Å². The highest BCUT2D eigenvalue weighted by Gasteiger charge is 2.25. The molecule has 0 aromatic heterocycles. The first-order chi connectivity index (χ1) is 11.9. The molecule has 0 aromatic rings. The van der Waals surface area contributed by atoms with Crippen LogP contribution in [0.5, 0.6) is 0 Å². The largest absolute Gasteiger partial charge is 0.237 e. The Hall–Kier alpha value is -1.44. The van der Waals surface area contributed by atoms with Crippen molar-refractivity contribution in [2.24, 2.45) is 20.8 Å². The minimum atomic E-state index is 0.0336. The van der Waals surface area contributed by atoms with Crippen LogP contribution in [0.25, 0.3) is 0 Å². The molecule has 0 N–H and O–H groups in total. The summed E-state index contributed by atoms with van der Waals surface area (Å²) in [7, 11) is 0. The molecule has 2 heteroatoms. The van der Waals surface area contributed by atoms with Crippen molar-refractivity contribution < 1.29 is 0 Å². The van der Waals surface area contributed by atoms with Gasteiger partial charge in [-0.1, -0.05) is 64.8 Å². The van der Waals surface area contributed by atoms with Crippen LogP contribution in [-0.4, -0.2) is 11.5 Å². The summed E-state index contributed by atoms with van der Waals surface area (Å²) in [4.78, 5) is 10.2. The van der Waals surface area contributed by atoms with Crippen LogP contribution in [0.3, 0.4) is 0 Å². The molecule has 1 aliphatic rings. The highest BCUT2D eigenvalue weighted by molar-refractivity contribution is 6.08. The van der Waals surface area contributed by atoms with E-state index in [0.717, 1.165) is 31.5 Å². The van der Waals surface area contributed by atoms with Crippen LogP contribution in [0, 0.1) is 10.8 Å². The van der Waals surface area contributed by atoms with E-state index < -0.39 is 0 Å². The normalized spacial score (nSPS) is 23.2. The second-order valence-electron chi connectivity index (χ2n) is 9.68. The third-order valence-electron chi connectivity index (χ3n) is 5.01. The molecule has 0 saturated carbocycles. The van der Waals surface area contributed by atoms with Gasteiger partial charge in [-0.25, -0.2) is 9.98 Å². The number of nitrogens with zero attached hydrogens (tertiary/aromatic N) is 2. The number of hydrogen-bond donors (Lipinski definition) is 0. The van der Waals surface area contributed by atoms with Crippen molar-refractivity contribution in [3.63, 3.8) is 0 Å². The van der Waals surface area contributed by atoms with Gasteiger partial charge in [0.15, 0.2) is 5.84 Å². The molecule has 0 amide bonds. The molecule has 26 heavy (non-hydrogen) atoms. The van der Waals surface area contributed by atoms with Crippen LogP contribution in [0.1, 0.15) is 94.9 Å². The van der Waals surface area contributed by atoms with Crippen molar-refractivity contribution >= 4 is 11.5 Å². The fourth-order valence-electron chi connectivity index (χ4n) is 3.11. The lowest BCUT2D eigenvalue weighted by Crippen LogP contribution is -2.24. The molecule has 0 aliphatic carbocycles. The summed E-state index contributed by atoms with van der Waals surface area (Å²) in [5.74, 6) is 0.900. The predicted molar refractivity (Wildman–Crippen MR) is 118 cm³/mol. The van der Waals surface area contributed by atoms with Crippen LogP contribution in [0.2, 0.25) is 0 Å². The highest BCUT2D eigenvalue weighted by atomic mass is 15.0. The second-order valence-corrected chi connectivity index (χ2v) is 9.68. The Morgan fingerprint density at radius 3 is 2.08 bits per heavy atom. The summed E-state index contributed by atoms with van der Waals surface area (Å²) in [6.07, 6.45) is 8.68. The van der Waals surface area contributed by atoms with Crippen LogP contribution in [-0.2, 0) is 0 Å². The molecule has 0 spiro atoms.